The van der Waals surface area contributed by atoms with Crippen molar-refractivity contribution in [2.75, 3.05) is 31.3 Å². The second-order valence-corrected chi connectivity index (χ2v) is 5.53. The molecule has 0 aliphatic carbocycles. The molecule has 0 aromatic carbocycles. The second-order valence-electron chi connectivity index (χ2n) is 5.53. The lowest BCUT2D eigenvalue weighted by molar-refractivity contribution is -0.0503. The molecule has 0 bridgehead atoms. The number of imidazole rings is 1. The fourth-order valence-electron chi connectivity index (χ4n) is 2.63. The summed E-state index contributed by atoms with van der Waals surface area (Å²) in [7, 11) is 3.38. The highest BCUT2D eigenvalue weighted by atomic mass is 16.6. The summed E-state index contributed by atoms with van der Waals surface area (Å²) in [4.78, 5) is 24.2. The Labute approximate surface area is 129 Å². The fourth-order valence-corrected chi connectivity index (χ4v) is 2.63. The molecule has 0 radical (unpaired) electrons. The number of fused-ring (bicyclic) bond motifs is 1. The number of aliphatic hydroxyl groups is 3. The van der Waals surface area contributed by atoms with E-state index in [1.807, 2.05) is 0 Å². The summed E-state index contributed by atoms with van der Waals surface area (Å²) in [5.41, 5.74) is 5.20. The van der Waals surface area contributed by atoms with E-state index in [-0.39, 0.29) is 17.1 Å². The molecule has 11 heteroatoms. The molecule has 0 amide bonds. The third-order valence-corrected chi connectivity index (χ3v) is 3.72. The van der Waals surface area contributed by atoms with Crippen molar-refractivity contribution in [2.45, 2.75) is 24.5 Å². The molecule has 126 valence electrons. The zero-order valence-electron chi connectivity index (χ0n) is 12.5. The van der Waals surface area contributed by atoms with Gasteiger partial charge in [-0.1, -0.05) is 0 Å². The lowest BCUT2D eigenvalue weighted by Gasteiger charge is -2.22. The van der Waals surface area contributed by atoms with Crippen LogP contribution in [0.2, 0.25) is 0 Å². The molecule has 4 atom stereocenters. The maximum Gasteiger partial charge on any atom is 0.280 e. The SMILES string of the molecule is CN(C)c1nc2c(=O)[nH]c(N)nc2n1[C@@H]1O[C@H](CO)[C@H](O)C1O. The number of ether oxygens (including phenoxy) is 1. The Morgan fingerprint density at radius 2 is 2.04 bits per heavy atom. The number of nitrogens with zero attached hydrogens (tertiary/aromatic N) is 4. The van der Waals surface area contributed by atoms with Gasteiger partial charge in [0.2, 0.25) is 11.9 Å². The molecule has 1 saturated heterocycles. The first kappa shape index (κ1) is 15.7. The van der Waals surface area contributed by atoms with Gasteiger partial charge in [-0.15, -0.1) is 0 Å². The number of H-pyrrole nitrogens is 1. The number of hydrogen-bond acceptors (Lipinski definition) is 9. The molecule has 11 nitrogen and oxygen atoms in total. The van der Waals surface area contributed by atoms with E-state index in [4.69, 9.17) is 10.5 Å². The molecule has 0 spiro atoms. The number of hydrogen-bond donors (Lipinski definition) is 5. The third kappa shape index (κ3) is 2.34. The monoisotopic (exact) mass is 326 g/mol. The minimum Gasteiger partial charge on any atom is -0.394 e. The number of anilines is 2. The van der Waals surface area contributed by atoms with Crippen LogP contribution < -0.4 is 16.2 Å². The van der Waals surface area contributed by atoms with Crippen LogP contribution in [0.15, 0.2) is 4.79 Å². The predicted octanol–water partition coefficient (Wildman–Crippen LogP) is -2.62. The van der Waals surface area contributed by atoms with Crippen LogP contribution in [-0.2, 0) is 4.74 Å². The van der Waals surface area contributed by atoms with E-state index in [9.17, 15) is 20.1 Å². The summed E-state index contributed by atoms with van der Waals surface area (Å²) in [6.07, 6.45) is -4.64. The summed E-state index contributed by atoms with van der Waals surface area (Å²) in [5, 5.41) is 29.4. The van der Waals surface area contributed by atoms with Gasteiger partial charge in [0.25, 0.3) is 5.56 Å². The van der Waals surface area contributed by atoms with Crippen LogP contribution in [0.5, 0.6) is 0 Å². The Morgan fingerprint density at radius 1 is 1.35 bits per heavy atom. The Bertz CT molecular complexity index is 786. The summed E-state index contributed by atoms with van der Waals surface area (Å²) in [5.74, 6) is 0.180. The van der Waals surface area contributed by atoms with Crippen molar-refractivity contribution in [3.63, 3.8) is 0 Å². The van der Waals surface area contributed by atoms with Gasteiger partial charge in [-0.25, -0.2) is 4.98 Å². The van der Waals surface area contributed by atoms with Crippen molar-refractivity contribution < 1.29 is 20.1 Å². The summed E-state index contributed by atoms with van der Waals surface area (Å²) >= 11 is 0. The molecule has 1 aliphatic heterocycles. The van der Waals surface area contributed by atoms with E-state index in [0.717, 1.165) is 0 Å². The molecular weight excluding hydrogens is 308 g/mol. The highest BCUT2D eigenvalue weighted by Gasteiger charge is 2.45. The number of nitrogens with one attached hydrogen (secondary N) is 1. The predicted molar refractivity (Wildman–Crippen MR) is 79.9 cm³/mol. The Balaban J connectivity index is 2.23. The zero-order chi connectivity index (χ0) is 16.9. The van der Waals surface area contributed by atoms with E-state index >= 15 is 0 Å². The van der Waals surface area contributed by atoms with Gasteiger partial charge in [-0.05, 0) is 0 Å². The average molecular weight is 326 g/mol. The van der Waals surface area contributed by atoms with Crippen LogP contribution in [0.25, 0.3) is 11.2 Å². The molecule has 2 aromatic heterocycles. The number of nitrogens with two attached hydrogens (primary N) is 1. The quantitative estimate of drug-likeness (QED) is 0.406. The minimum atomic E-state index is -1.33. The number of aromatic nitrogens is 4. The summed E-state index contributed by atoms with van der Waals surface area (Å²) in [6, 6.07) is 0. The van der Waals surface area contributed by atoms with E-state index in [1.165, 1.54) is 4.57 Å². The largest absolute Gasteiger partial charge is 0.394 e. The van der Waals surface area contributed by atoms with Gasteiger partial charge in [0, 0.05) is 14.1 Å². The minimum absolute atomic E-state index is 0.0284. The Hall–Kier alpha value is -2.21. The molecule has 1 unspecified atom stereocenters. The topological polar surface area (TPSA) is 163 Å². The van der Waals surface area contributed by atoms with Crippen LogP contribution in [0, 0.1) is 0 Å². The normalized spacial score (nSPS) is 27.7. The molecule has 3 heterocycles. The van der Waals surface area contributed by atoms with Crippen molar-refractivity contribution in [1.82, 2.24) is 19.5 Å². The van der Waals surface area contributed by atoms with Crippen LogP contribution in [0.1, 0.15) is 6.23 Å². The van der Waals surface area contributed by atoms with Crippen molar-refractivity contribution in [1.29, 1.82) is 0 Å². The molecule has 3 rings (SSSR count). The summed E-state index contributed by atoms with van der Waals surface area (Å²) in [6.45, 7) is -0.463. The molecule has 2 aromatic rings. The number of aliphatic hydroxyl groups excluding tert-OH is 3. The summed E-state index contributed by atoms with van der Waals surface area (Å²) < 4.78 is 6.89. The lowest BCUT2D eigenvalue weighted by Crippen LogP contribution is -2.33. The van der Waals surface area contributed by atoms with Crippen molar-refractivity contribution in [2.24, 2.45) is 0 Å². The Kier molecular flexibility index (Phi) is 3.72. The van der Waals surface area contributed by atoms with Gasteiger partial charge in [-0.2, -0.15) is 4.98 Å². The number of aromatic amines is 1. The maximum atomic E-state index is 12.0. The maximum absolute atomic E-state index is 12.0. The van der Waals surface area contributed by atoms with Gasteiger partial charge in [0.15, 0.2) is 17.4 Å². The zero-order valence-corrected chi connectivity index (χ0v) is 12.5. The van der Waals surface area contributed by atoms with Gasteiger partial charge in [0.1, 0.15) is 18.3 Å². The van der Waals surface area contributed by atoms with Crippen LogP contribution in [0.4, 0.5) is 11.9 Å². The van der Waals surface area contributed by atoms with Gasteiger partial charge >= 0.3 is 0 Å². The van der Waals surface area contributed by atoms with E-state index in [0.29, 0.717) is 5.95 Å². The van der Waals surface area contributed by atoms with Gasteiger partial charge < -0.3 is 30.7 Å². The highest BCUT2D eigenvalue weighted by molar-refractivity contribution is 5.75. The molecule has 23 heavy (non-hydrogen) atoms. The molecule has 1 fully saturated rings. The Morgan fingerprint density at radius 3 is 2.61 bits per heavy atom. The first-order chi connectivity index (χ1) is 10.8. The smallest absolute Gasteiger partial charge is 0.280 e. The van der Waals surface area contributed by atoms with Crippen molar-refractivity contribution in [3.05, 3.63) is 10.4 Å². The molecule has 1 aliphatic rings. The highest BCUT2D eigenvalue weighted by Crippen LogP contribution is 2.34. The second kappa shape index (κ2) is 5.45. The third-order valence-electron chi connectivity index (χ3n) is 3.72. The molecule has 0 saturated carbocycles. The standard InChI is InChI=1S/C12H18N6O5/c1-17(2)12-14-5-8(15-11(13)16-9(5)22)18(12)10-7(21)6(20)4(3-19)23-10/h4,6-7,10,19-21H,3H2,1-2H3,(H3,13,15,16,22)/t4-,6+,7?,10-/m1/s1. The lowest BCUT2D eigenvalue weighted by atomic mass is 10.1. The number of nitrogen functional groups attached to an aromatic ring is 1. The van der Waals surface area contributed by atoms with Crippen LogP contribution in [0.3, 0.4) is 0 Å². The van der Waals surface area contributed by atoms with Crippen molar-refractivity contribution >= 4 is 23.1 Å². The van der Waals surface area contributed by atoms with Crippen LogP contribution >= 0.6 is 0 Å². The first-order valence-corrected chi connectivity index (χ1v) is 6.92. The van der Waals surface area contributed by atoms with E-state index < -0.39 is 36.7 Å². The van der Waals surface area contributed by atoms with Gasteiger partial charge in [-0.3, -0.25) is 14.3 Å². The van der Waals surface area contributed by atoms with E-state index in [2.05, 4.69) is 15.0 Å². The molecular formula is C12H18N6O5. The fraction of sp³-hybridized carbons (Fsp3) is 0.583. The van der Waals surface area contributed by atoms with Gasteiger partial charge in [0.05, 0.1) is 6.61 Å². The average Bonchev–Trinajstić information content (AvgIpc) is 2.99. The first-order valence-electron chi connectivity index (χ1n) is 6.92. The van der Waals surface area contributed by atoms with Crippen molar-refractivity contribution in [3.8, 4) is 0 Å². The van der Waals surface area contributed by atoms with Crippen LogP contribution in [-0.4, -0.2) is 73.9 Å². The number of rotatable bonds is 3. The van der Waals surface area contributed by atoms with E-state index in [1.54, 1.807) is 19.0 Å². The molecule has 6 N–H and O–H groups in total.